The molecule has 1 unspecified atom stereocenters. The van der Waals surface area contributed by atoms with E-state index in [1.807, 2.05) is 11.7 Å². The average molecular weight is 299 g/mol. The van der Waals surface area contributed by atoms with Crippen molar-refractivity contribution in [2.75, 3.05) is 13.1 Å². The fraction of sp³-hybridized carbons (Fsp3) is 0.800. The maximum absolute atomic E-state index is 6.46. The first kappa shape index (κ1) is 15.8. The summed E-state index contributed by atoms with van der Waals surface area (Å²) in [5.41, 5.74) is 2.17. The second-order valence-electron chi connectivity index (χ2n) is 6.01. The molecule has 1 aliphatic heterocycles. The Kier molecular flexibility index (Phi) is 5.47. The van der Waals surface area contributed by atoms with Gasteiger partial charge in [0.25, 0.3) is 0 Å². The number of aryl methyl sites for hydroxylation is 2. The van der Waals surface area contributed by atoms with Crippen LogP contribution in [0.3, 0.4) is 0 Å². The van der Waals surface area contributed by atoms with Crippen LogP contribution in [0.15, 0.2) is 0 Å². The fourth-order valence-electron chi connectivity index (χ4n) is 2.89. The molecule has 0 aliphatic carbocycles. The van der Waals surface area contributed by atoms with Crippen LogP contribution in [-0.2, 0) is 20.0 Å². The Balaban J connectivity index is 2.03. The van der Waals surface area contributed by atoms with Gasteiger partial charge in [0.15, 0.2) is 0 Å². The molecule has 0 bridgehead atoms. The van der Waals surface area contributed by atoms with E-state index in [1.165, 1.54) is 12.8 Å². The second-order valence-corrected chi connectivity index (χ2v) is 6.39. The van der Waals surface area contributed by atoms with Crippen molar-refractivity contribution >= 4 is 11.6 Å². The molecule has 1 saturated heterocycles. The number of hydrogen-bond acceptors (Lipinski definition) is 3. The lowest BCUT2D eigenvalue weighted by molar-refractivity contribution is 0.230. The van der Waals surface area contributed by atoms with Crippen LogP contribution in [0.25, 0.3) is 0 Å². The molecule has 1 atom stereocenters. The zero-order valence-electron chi connectivity index (χ0n) is 13.1. The van der Waals surface area contributed by atoms with Crippen molar-refractivity contribution in [2.24, 2.45) is 7.05 Å². The number of nitrogens with zero attached hydrogens (tertiary/aromatic N) is 3. The van der Waals surface area contributed by atoms with Gasteiger partial charge in [-0.1, -0.05) is 32.4 Å². The van der Waals surface area contributed by atoms with Gasteiger partial charge in [-0.15, -0.1) is 0 Å². The monoisotopic (exact) mass is 298 g/mol. The summed E-state index contributed by atoms with van der Waals surface area (Å²) < 4.78 is 1.95. The minimum atomic E-state index is 0.546. The minimum Gasteiger partial charge on any atom is -0.313 e. The van der Waals surface area contributed by atoms with E-state index in [1.54, 1.807) is 0 Å². The van der Waals surface area contributed by atoms with Crippen LogP contribution in [0.2, 0.25) is 5.02 Å². The first-order valence-corrected chi connectivity index (χ1v) is 8.08. The van der Waals surface area contributed by atoms with Crippen molar-refractivity contribution in [2.45, 2.75) is 58.7 Å². The molecule has 0 spiro atoms. The molecule has 1 aromatic rings. The third-order valence-electron chi connectivity index (χ3n) is 4.12. The van der Waals surface area contributed by atoms with Gasteiger partial charge in [0.05, 0.1) is 16.4 Å². The Bertz CT molecular complexity index is 441. The Morgan fingerprint density at radius 2 is 2.20 bits per heavy atom. The summed E-state index contributed by atoms with van der Waals surface area (Å²) in [7, 11) is 2.00. The SMILES string of the molecule is CCc1nn(C)c(CN2CCCC2CNC(C)C)c1Cl. The van der Waals surface area contributed by atoms with Crippen molar-refractivity contribution in [1.29, 1.82) is 0 Å². The van der Waals surface area contributed by atoms with Gasteiger partial charge in [0.2, 0.25) is 0 Å². The highest BCUT2D eigenvalue weighted by atomic mass is 35.5. The predicted molar refractivity (Wildman–Crippen MR) is 84.2 cm³/mol. The number of aromatic nitrogens is 2. The molecule has 1 N–H and O–H groups in total. The molecule has 2 rings (SSSR count). The molecule has 0 aromatic carbocycles. The molecule has 4 nitrogen and oxygen atoms in total. The summed E-state index contributed by atoms with van der Waals surface area (Å²) in [5, 5.41) is 8.92. The normalized spacial score (nSPS) is 20.2. The summed E-state index contributed by atoms with van der Waals surface area (Å²) in [4.78, 5) is 2.54. The van der Waals surface area contributed by atoms with Crippen LogP contribution >= 0.6 is 11.6 Å². The molecule has 1 fully saturated rings. The molecule has 1 aromatic heterocycles. The van der Waals surface area contributed by atoms with Crippen molar-refractivity contribution in [3.05, 3.63) is 16.4 Å². The average Bonchev–Trinajstić information content (AvgIpc) is 2.95. The molecule has 0 amide bonds. The summed E-state index contributed by atoms with van der Waals surface area (Å²) in [5.74, 6) is 0. The van der Waals surface area contributed by atoms with Crippen LogP contribution in [-0.4, -0.2) is 39.9 Å². The topological polar surface area (TPSA) is 33.1 Å². The van der Waals surface area contributed by atoms with Crippen molar-refractivity contribution < 1.29 is 0 Å². The van der Waals surface area contributed by atoms with Gasteiger partial charge in [0.1, 0.15) is 0 Å². The van der Waals surface area contributed by atoms with Gasteiger partial charge in [-0.2, -0.15) is 5.10 Å². The lowest BCUT2D eigenvalue weighted by Gasteiger charge is -2.25. The third kappa shape index (κ3) is 3.54. The van der Waals surface area contributed by atoms with Gasteiger partial charge in [-0.25, -0.2) is 0 Å². The molecular formula is C15H27ClN4. The van der Waals surface area contributed by atoms with E-state index in [2.05, 4.69) is 36.1 Å². The van der Waals surface area contributed by atoms with E-state index in [0.717, 1.165) is 42.5 Å². The van der Waals surface area contributed by atoms with Crippen molar-refractivity contribution in [3.8, 4) is 0 Å². The quantitative estimate of drug-likeness (QED) is 0.876. The number of rotatable bonds is 6. The summed E-state index contributed by atoms with van der Waals surface area (Å²) in [6.07, 6.45) is 3.45. The van der Waals surface area contributed by atoms with Gasteiger partial charge in [-0.05, 0) is 25.8 Å². The summed E-state index contributed by atoms with van der Waals surface area (Å²) in [6, 6.07) is 1.16. The lowest BCUT2D eigenvalue weighted by Crippen LogP contribution is -2.40. The van der Waals surface area contributed by atoms with E-state index in [4.69, 9.17) is 11.6 Å². The zero-order valence-corrected chi connectivity index (χ0v) is 13.9. The maximum atomic E-state index is 6.46. The zero-order chi connectivity index (χ0) is 14.7. The highest BCUT2D eigenvalue weighted by Gasteiger charge is 2.26. The number of likely N-dealkylation sites (tertiary alicyclic amines) is 1. The van der Waals surface area contributed by atoms with E-state index >= 15 is 0 Å². The molecular weight excluding hydrogens is 272 g/mol. The molecule has 0 saturated carbocycles. The highest BCUT2D eigenvalue weighted by molar-refractivity contribution is 6.31. The van der Waals surface area contributed by atoms with E-state index in [-0.39, 0.29) is 0 Å². The summed E-state index contributed by atoms with van der Waals surface area (Å²) in [6.45, 7) is 9.63. The Morgan fingerprint density at radius 3 is 2.80 bits per heavy atom. The maximum Gasteiger partial charge on any atom is 0.0863 e. The third-order valence-corrected chi connectivity index (χ3v) is 4.55. The van der Waals surface area contributed by atoms with Crippen LogP contribution in [0.5, 0.6) is 0 Å². The Morgan fingerprint density at radius 1 is 1.45 bits per heavy atom. The molecule has 0 radical (unpaired) electrons. The second kappa shape index (κ2) is 6.92. The van der Waals surface area contributed by atoms with E-state index in [0.29, 0.717) is 12.1 Å². The lowest BCUT2D eigenvalue weighted by atomic mass is 10.2. The largest absolute Gasteiger partial charge is 0.313 e. The van der Waals surface area contributed by atoms with Crippen LogP contribution in [0.1, 0.15) is 45.0 Å². The van der Waals surface area contributed by atoms with Gasteiger partial charge < -0.3 is 5.32 Å². The van der Waals surface area contributed by atoms with E-state index in [9.17, 15) is 0 Å². The highest BCUT2D eigenvalue weighted by Crippen LogP contribution is 2.26. The first-order chi connectivity index (χ1) is 9.52. The molecule has 114 valence electrons. The fourth-order valence-corrected chi connectivity index (χ4v) is 3.24. The Labute approximate surface area is 127 Å². The number of hydrogen-bond donors (Lipinski definition) is 1. The number of nitrogens with one attached hydrogen (secondary N) is 1. The Hall–Kier alpha value is -0.580. The van der Waals surface area contributed by atoms with Gasteiger partial charge in [-0.3, -0.25) is 9.58 Å². The predicted octanol–water partition coefficient (Wildman–Crippen LogP) is 2.60. The van der Waals surface area contributed by atoms with Crippen LogP contribution < -0.4 is 5.32 Å². The van der Waals surface area contributed by atoms with Gasteiger partial charge >= 0.3 is 0 Å². The standard InChI is InChI=1S/C15H27ClN4/c1-5-13-15(16)14(19(4)18-13)10-20-8-6-7-12(20)9-17-11(2)3/h11-12,17H,5-10H2,1-4H3. The minimum absolute atomic E-state index is 0.546. The smallest absolute Gasteiger partial charge is 0.0863 e. The molecule has 2 heterocycles. The number of halogens is 1. The van der Waals surface area contributed by atoms with Crippen LogP contribution in [0.4, 0.5) is 0 Å². The molecule has 20 heavy (non-hydrogen) atoms. The van der Waals surface area contributed by atoms with Crippen molar-refractivity contribution in [3.63, 3.8) is 0 Å². The van der Waals surface area contributed by atoms with Crippen LogP contribution in [0, 0.1) is 0 Å². The summed E-state index contributed by atoms with van der Waals surface area (Å²) >= 11 is 6.46. The molecule has 5 heteroatoms. The molecule has 1 aliphatic rings. The van der Waals surface area contributed by atoms with Gasteiger partial charge in [0, 0.05) is 32.2 Å². The van der Waals surface area contributed by atoms with Crippen molar-refractivity contribution in [1.82, 2.24) is 20.0 Å². The van der Waals surface area contributed by atoms with E-state index < -0.39 is 0 Å². The first-order valence-electron chi connectivity index (χ1n) is 7.70.